The number of rotatable bonds is 0. The molecule has 6 rings (SSSR count). The number of fused-ring (bicyclic) bond motifs is 4. The van der Waals surface area contributed by atoms with Crippen LogP contribution in [0.25, 0.3) is 0 Å². The molecule has 3 nitrogen and oxygen atoms in total. The minimum atomic E-state index is -1.12. The number of para-hydroxylation sites is 2. The first-order valence-corrected chi connectivity index (χ1v) is 12.4. The maximum Gasteiger partial charge on any atom is 0.143 e. The Morgan fingerprint density at radius 3 is 1.37 bits per heavy atom. The molecule has 0 unspecified atom stereocenters. The van der Waals surface area contributed by atoms with Gasteiger partial charge in [-0.25, -0.2) is 8.42 Å². The summed E-state index contributed by atoms with van der Waals surface area (Å²) < 4.78 is 30.0. The second-order valence-corrected chi connectivity index (χ2v) is 10.4. The van der Waals surface area contributed by atoms with E-state index >= 15 is 0 Å². The summed E-state index contributed by atoms with van der Waals surface area (Å²) in [4.78, 5) is 5.57. The molecule has 0 aliphatic carbocycles. The molecule has 4 aromatic rings. The van der Waals surface area contributed by atoms with Crippen LogP contribution in [0.3, 0.4) is 0 Å². The lowest BCUT2D eigenvalue weighted by molar-refractivity contribution is 0.450. The number of hydrogen-bond acceptors (Lipinski definition) is 4. The summed E-state index contributed by atoms with van der Waals surface area (Å²) in [6, 6.07) is 30.6. The summed E-state index contributed by atoms with van der Waals surface area (Å²) in [5.41, 5.74) is 0. The average Bonchev–Trinajstić information content (AvgIpc) is 2.80. The fourth-order valence-corrected chi connectivity index (χ4v) is 7.16. The van der Waals surface area contributed by atoms with E-state index < -0.39 is 21.6 Å². The third kappa shape index (κ3) is 3.51. The topological polar surface area (TPSA) is 43.4 Å². The van der Waals surface area contributed by atoms with Crippen molar-refractivity contribution in [2.75, 3.05) is 0 Å². The van der Waals surface area contributed by atoms with Crippen LogP contribution in [-0.4, -0.2) is 8.42 Å². The van der Waals surface area contributed by atoms with Gasteiger partial charge in [-0.05, 0) is 48.5 Å². The highest BCUT2D eigenvalue weighted by atomic mass is 32.2. The lowest BCUT2D eigenvalue weighted by Gasteiger charge is -2.18. The maximum atomic E-state index is 12.2. The van der Waals surface area contributed by atoms with Crippen molar-refractivity contribution in [2.45, 2.75) is 29.4 Å². The summed E-state index contributed by atoms with van der Waals surface area (Å²) in [7, 11) is -2.13. The van der Waals surface area contributed by atoms with Crippen LogP contribution in [0.1, 0.15) is 0 Å². The van der Waals surface area contributed by atoms with Crippen LogP contribution in [0.4, 0.5) is 0 Å². The van der Waals surface area contributed by atoms with Gasteiger partial charge in [-0.2, -0.15) is 0 Å². The molecule has 0 amide bonds. The van der Waals surface area contributed by atoms with Crippen molar-refractivity contribution in [1.29, 1.82) is 0 Å². The molecule has 0 saturated heterocycles. The zero-order valence-corrected chi connectivity index (χ0v) is 18.1. The van der Waals surface area contributed by atoms with Gasteiger partial charge in [-0.3, -0.25) is 0 Å². The van der Waals surface area contributed by atoms with E-state index in [-0.39, 0.29) is 0 Å². The highest BCUT2D eigenvalue weighted by Gasteiger charge is 2.23. The van der Waals surface area contributed by atoms with Gasteiger partial charge in [-0.1, -0.05) is 60.3 Å². The molecule has 30 heavy (non-hydrogen) atoms. The van der Waals surface area contributed by atoms with E-state index in [0.717, 1.165) is 29.4 Å². The van der Waals surface area contributed by atoms with Crippen LogP contribution in [0.5, 0.6) is 11.5 Å². The number of hydrogen-bond donors (Lipinski definition) is 0. The monoisotopic (exact) mass is 448 g/mol. The van der Waals surface area contributed by atoms with Crippen molar-refractivity contribution < 1.29 is 13.2 Å². The molecule has 2 aliphatic rings. The minimum Gasteiger partial charge on any atom is -0.455 e. The van der Waals surface area contributed by atoms with E-state index in [1.54, 1.807) is 11.8 Å². The zero-order chi connectivity index (χ0) is 20.5. The van der Waals surface area contributed by atoms with Crippen molar-refractivity contribution >= 4 is 33.4 Å². The first-order chi connectivity index (χ1) is 14.7. The Morgan fingerprint density at radius 1 is 0.500 bits per heavy atom. The molecular formula is C24H16O3S3. The van der Waals surface area contributed by atoms with E-state index in [1.807, 2.05) is 97.1 Å². The van der Waals surface area contributed by atoms with Crippen LogP contribution in [0, 0.1) is 0 Å². The Bertz CT molecular complexity index is 1100. The van der Waals surface area contributed by atoms with Gasteiger partial charge in [0.2, 0.25) is 0 Å². The van der Waals surface area contributed by atoms with Crippen molar-refractivity contribution in [3.8, 4) is 11.5 Å². The van der Waals surface area contributed by atoms with Crippen molar-refractivity contribution in [2.24, 2.45) is 0 Å². The van der Waals surface area contributed by atoms with Gasteiger partial charge in [0.25, 0.3) is 0 Å². The van der Waals surface area contributed by atoms with Crippen molar-refractivity contribution in [3.63, 3.8) is 0 Å². The normalized spacial score (nSPS) is 14.1. The lowest BCUT2D eigenvalue weighted by Crippen LogP contribution is -2.04. The van der Waals surface area contributed by atoms with E-state index in [0.29, 0.717) is 11.5 Å². The Morgan fingerprint density at radius 2 is 0.867 bits per heavy atom. The van der Waals surface area contributed by atoms with Crippen molar-refractivity contribution in [1.82, 2.24) is 0 Å². The summed E-state index contributed by atoms with van der Waals surface area (Å²) in [6.45, 7) is 0. The minimum absolute atomic E-state index is 0.689. The van der Waals surface area contributed by atoms with Gasteiger partial charge in [0.15, 0.2) is 0 Å². The molecule has 0 fully saturated rings. The molecule has 4 aromatic carbocycles. The van der Waals surface area contributed by atoms with Gasteiger partial charge in [-0.15, -0.1) is 0 Å². The fourth-order valence-electron chi connectivity index (χ4n) is 3.22. The van der Waals surface area contributed by atoms with E-state index in [2.05, 4.69) is 0 Å². The van der Waals surface area contributed by atoms with Crippen LogP contribution in [0.2, 0.25) is 0 Å². The van der Waals surface area contributed by atoms with Gasteiger partial charge < -0.3 is 4.74 Å². The molecule has 0 bridgehead atoms. The molecular weight excluding hydrogens is 432 g/mol. The first-order valence-electron chi connectivity index (χ1n) is 9.28. The van der Waals surface area contributed by atoms with Crippen LogP contribution in [-0.2, 0) is 21.6 Å². The molecule has 2 heterocycles. The number of benzene rings is 4. The average molecular weight is 449 g/mol. The first kappa shape index (κ1) is 19.3. The Kier molecular flexibility index (Phi) is 5.29. The Balaban J connectivity index is 0.000000128. The third-order valence-electron chi connectivity index (χ3n) is 4.64. The molecule has 0 radical (unpaired) electrons. The second-order valence-electron chi connectivity index (χ2n) is 6.53. The number of ether oxygens (including phenoxy) is 1. The SMILES string of the molecule is O=S1c2ccccc2Oc2ccccc21.O=S1c2ccccc2Sc2ccccc21. The summed E-state index contributed by atoms with van der Waals surface area (Å²) >= 11 is 1.69. The zero-order valence-electron chi connectivity index (χ0n) is 15.7. The van der Waals surface area contributed by atoms with Gasteiger partial charge in [0, 0.05) is 9.79 Å². The van der Waals surface area contributed by atoms with Crippen LogP contribution in [0.15, 0.2) is 126 Å². The molecule has 0 N–H and O–H groups in total. The highest BCUT2D eigenvalue weighted by Crippen LogP contribution is 2.42. The predicted octanol–water partition coefficient (Wildman–Crippen LogP) is 6.28. The molecule has 0 saturated carbocycles. The van der Waals surface area contributed by atoms with E-state index in [4.69, 9.17) is 4.74 Å². The largest absolute Gasteiger partial charge is 0.455 e. The second kappa shape index (κ2) is 8.22. The molecule has 0 atom stereocenters. The van der Waals surface area contributed by atoms with E-state index in [1.165, 1.54) is 0 Å². The van der Waals surface area contributed by atoms with Crippen LogP contribution < -0.4 is 4.74 Å². The van der Waals surface area contributed by atoms with Crippen LogP contribution >= 0.6 is 11.8 Å². The quantitative estimate of drug-likeness (QED) is 0.274. The third-order valence-corrected chi connectivity index (χ3v) is 9.03. The molecule has 0 aromatic heterocycles. The molecule has 0 spiro atoms. The predicted molar refractivity (Wildman–Crippen MR) is 119 cm³/mol. The lowest BCUT2D eigenvalue weighted by atomic mass is 10.3. The molecule has 2 aliphatic heterocycles. The standard InChI is InChI=1S/C12H8O2S.C12H8OS2/c2*13-15-11-7-3-1-5-9(11)14-10-6-2-4-8-12(10)15/h2*1-8H. The summed E-state index contributed by atoms with van der Waals surface area (Å²) in [6.07, 6.45) is 0. The molecule has 148 valence electrons. The van der Waals surface area contributed by atoms with E-state index in [9.17, 15) is 8.42 Å². The summed E-state index contributed by atoms with van der Waals surface area (Å²) in [5, 5.41) is 0. The fraction of sp³-hybridized carbons (Fsp3) is 0. The Hall–Kier alpha value is -2.67. The van der Waals surface area contributed by atoms with Gasteiger partial charge >= 0.3 is 0 Å². The smallest absolute Gasteiger partial charge is 0.143 e. The van der Waals surface area contributed by atoms with Gasteiger partial charge in [0.1, 0.15) is 11.5 Å². The van der Waals surface area contributed by atoms with Gasteiger partial charge in [0.05, 0.1) is 41.2 Å². The van der Waals surface area contributed by atoms with Crippen molar-refractivity contribution in [3.05, 3.63) is 97.1 Å². The highest BCUT2D eigenvalue weighted by molar-refractivity contribution is 8.01. The molecule has 6 heteroatoms. The summed E-state index contributed by atoms with van der Waals surface area (Å²) in [5.74, 6) is 1.38. The Labute approximate surface area is 184 Å². The maximum absolute atomic E-state index is 12.2.